The fraction of sp³-hybridized carbons (Fsp3) is 0.526. The number of imide groups is 1. The summed E-state index contributed by atoms with van der Waals surface area (Å²) < 4.78 is 7.22. The molecule has 0 spiro atoms. The van der Waals surface area contributed by atoms with E-state index in [9.17, 15) is 14.4 Å². The summed E-state index contributed by atoms with van der Waals surface area (Å²) in [5.41, 5.74) is 2.93. The molecule has 0 saturated carbocycles. The molecule has 0 atom stereocenters. The van der Waals surface area contributed by atoms with Gasteiger partial charge in [-0.3, -0.25) is 19.3 Å². The van der Waals surface area contributed by atoms with E-state index in [1.165, 1.54) is 0 Å². The molecule has 1 fully saturated rings. The average molecular weight is 378 g/mol. The van der Waals surface area contributed by atoms with E-state index in [4.69, 9.17) is 4.74 Å². The molecular formula is C19H26N2O4S. The van der Waals surface area contributed by atoms with E-state index in [-0.39, 0.29) is 18.2 Å². The molecule has 7 heteroatoms. The highest BCUT2D eigenvalue weighted by Crippen LogP contribution is 2.34. The van der Waals surface area contributed by atoms with Gasteiger partial charge in [-0.2, -0.15) is 0 Å². The van der Waals surface area contributed by atoms with Crippen LogP contribution in [0.2, 0.25) is 0 Å². The number of thioether (sulfide) groups is 1. The molecule has 0 bridgehead atoms. The van der Waals surface area contributed by atoms with Crippen LogP contribution < -0.4 is 0 Å². The van der Waals surface area contributed by atoms with Crippen LogP contribution in [0.4, 0.5) is 4.79 Å². The van der Waals surface area contributed by atoms with E-state index in [1.54, 1.807) is 19.9 Å². The summed E-state index contributed by atoms with van der Waals surface area (Å²) in [5, 5.41) is -0.452. The first kappa shape index (κ1) is 20.3. The van der Waals surface area contributed by atoms with Gasteiger partial charge in [0, 0.05) is 16.9 Å². The average Bonchev–Trinajstić information content (AvgIpc) is 2.88. The number of esters is 1. The molecule has 0 N–H and O–H groups in total. The Labute approximate surface area is 158 Å². The normalized spacial score (nSPS) is 16.9. The first-order valence-corrected chi connectivity index (χ1v) is 9.37. The maximum atomic E-state index is 12.5. The van der Waals surface area contributed by atoms with E-state index < -0.39 is 17.1 Å². The van der Waals surface area contributed by atoms with Gasteiger partial charge in [-0.15, -0.1) is 0 Å². The lowest BCUT2D eigenvalue weighted by Gasteiger charge is -2.25. The van der Waals surface area contributed by atoms with Gasteiger partial charge in [0.05, 0.1) is 11.0 Å². The number of rotatable bonds is 4. The fourth-order valence-electron chi connectivity index (χ4n) is 3.17. The number of aryl methyl sites for hydroxylation is 1. The Morgan fingerprint density at radius 1 is 1.27 bits per heavy atom. The quantitative estimate of drug-likeness (QED) is 0.588. The van der Waals surface area contributed by atoms with Crippen molar-refractivity contribution in [3.63, 3.8) is 0 Å². The highest BCUT2D eigenvalue weighted by Gasteiger charge is 2.37. The second-order valence-electron chi connectivity index (χ2n) is 7.64. The van der Waals surface area contributed by atoms with Gasteiger partial charge in [0.1, 0.15) is 6.54 Å². The van der Waals surface area contributed by atoms with Gasteiger partial charge in [-0.25, -0.2) is 0 Å². The van der Waals surface area contributed by atoms with Crippen LogP contribution in [0.5, 0.6) is 0 Å². The molecule has 2 amide bonds. The van der Waals surface area contributed by atoms with Crippen LogP contribution >= 0.6 is 11.8 Å². The van der Waals surface area contributed by atoms with Crippen molar-refractivity contribution >= 4 is 35.0 Å². The van der Waals surface area contributed by atoms with Crippen molar-refractivity contribution in [2.45, 2.75) is 60.1 Å². The third-order valence-electron chi connectivity index (χ3n) is 3.96. The van der Waals surface area contributed by atoms with E-state index in [2.05, 4.69) is 25.3 Å². The Balaban J connectivity index is 2.27. The van der Waals surface area contributed by atoms with Gasteiger partial charge in [-0.1, -0.05) is 0 Å². The van der Waals surface area contributed by atoms with Crippen LogP contribution in [0.15, 0.2) is 11.0 Å². The molecular weight excluding hydrogens is 352 g/mol. The minimum absolute atomic E-state index is 0.0831. The zero-order valence-corrected chi connectivity index (χ0v) is 17.2. The van der Waals surface area contributed by atoms with Gasteiger partial charge in [-0.05, 0) is 77.9 Å². The SMILES string of the molecule is Cc1cc(/C=C2/SC(=O)N(CC(=O)OC(C)C)C2=O)c(C)n1C(C)(C)C. The first-order valence-electron chi connectivity index (χ1n) is 8.56. The lowest BCUT2D eigenvalue weighted by Crippen LogP contribution is -2.35. The fourth-order valence-corrected chi connectivity index (χ4v) is 4.00. The molecule has 142 valence electrons. The van der Waals surface area contributed by atoms with Crippen molar-refractivity contribution in [3.8, 4) is 0 Å². The molecule has 1 saturated heterocycles. The number of aromatic nitrogens is 1. The smallest absolute Gasteiger partial charge is 0.326 e. The van der Waals surface area contributed by atoms with E-state index in [0.29, 0.717) is 4.91 Å². The number of nitrogens with zero attached hydrogens (tertiary/aromatic N) is 2. The Kier molecular flexibility index (Phi) is 5.70. The highest BCUT2D eigenvalue weighted by molar-refractivity contribution is 8.18. The predicted molar refractivity (Wildman–Crippen MR) is 103 cm³/mol. The summed E-state index contributed by atoms with van der Waals surface area (Å²) >= 11 is 0.850. The largest absolute Gasteiger partial charge is 0.462 e. The van der Waals surface area contributed by atoms with Gasteiger partial charge in [0.15, 0.2) is 0 Å². The molecule has 0 unspecified atom stereocenters. The number of carbonyl (C=O) groups is 3. The summed E-state index contributed by atoms with van der Waals surface area (Å²) in [7, 11) is 0. The number of amides is 2. The predicted octanol–water partition coefficient (Wildman–Crippen LogP) is 3.85. The molecule has 1 aromatic heterocycles. The molecule has 1 aliphatic rings. The van der Waals surface area contributed by atoms with Crippen molar-refractivity contribution in [1.82, 2.24) is 9.47 Å². The van der Waals surface area contributed by atoms with Crippen LogP contribution in [-0.2, 0) is 19.9 Å². The molecule has 0 aliphatic carbocycles. The van der Waals surface area contributed by atoms with E-state index >= 15 is 0 Å². The lowest BCUT2D eigenvalue weighted by molar-refractivity contribution is -0.149. The van der Waals surface area contributed by atoms with Crippen LogP contribution in [0.25, 0.3) is 6.08 Å². The maximum Gasteiger partial charge on any atom is 0.326 e. The Hall–Kier alpha value is -2.02. The number of hydrogen-bond donors (Lipinski definition) is 0. The van der Waals surface area contributed by atoms with Crippen molar-refractivity contribution in [1.29, 1.82) is 0 Å². The van der Waals surface area contributed by atoms with Crippen molar-refractivity contribution in [2.24, 2.45) is 0 Å². The Morgan fingerprint density at radius 3 is 2.38 bits per heavy atom. The van der Waals surface area contributed by atoms with Crippen molar-refractivity contribution < 1.29 is 19.1 Å². The molecule has 6 nitrogen and oxygen atoms in total. The van der Waals surface area contributed by atoms with Crippen LogP contribution in [0.1, 0.15) is 51.6 Å². The van der Waals surface area contributed by atoms with Gasteiger partial charge in [0.2, 0.25) is 0 Å². The third kappa shape index (κ3) is 4.20. The summed E-state index contributed by atoms with van der Waals surface area (Å²) in [6.45, 7) is 13.4. The minimum atomic E-state index is -0.588. The second-order valence-corrected chi connectivity index (χ2v) is 8.63. The molecule has 0 radical (unpaired) electrons. The molecule has 1 aromatic rings. The van der Waals surface area contributed by atoms with E-state index in [0.717, 1.165) is 33.6 Å². The Bertz CT molecular complexity index is 784. The molecule has 1 aliphatic heterocycles. The third-order valence-corrected chi connectivity index (χ3v) is 4.86. The topological polar surface area (TPSA) is 68.6 Å². The van der Waals surface area contributed by atoms with Crippen LogP contribution in [-0.4, -0.2) is 39.2 Å². The number of carbonyl (C=O) groups excluding carboxylic acids is 3. The zero-order valence-electron chi connectivity index (χ0n) is 16.4. The van der Waals surface area contributed by atoms with Gasteiger partial charge >= 0.3 is 5.97 Å². The molecule has 0 aromatic carbocycles. The molecule has 2 heterocycles. The number of hydrogen-bond acceptors (Lipinski definition) is 5. The van der Waals surface area contributed by atoms with Gasteiger partial charge < -0.3 is 9.30 Å². The standard InChI is InChI=1S/C19H26N2O4S/c1-11(2)25-16(22)10-20-17(23)15(26-18(20)24)9-14-8-12(3)21(13(14)4)19(5,6)7/h8-9,11H,10H2,1-7H3/b15-9+. The van der Waals surface area contributed by atoms with Crippen LogP contribution in [0.3, 0.4) is 0 Å². The summed E-state index contributed by atoms with van der Waals surface area (Å²) in [4.78, 5) is 37.7. The summed E-state index contributed by atoms with van der Waals surface area (Å²) in [6, 6.07) is 2.00. The minimum Gasteiger partial charge on any atom is -0.462 e. The Morgan fingerprint density at radius 2 is 1.88 bits per heavy atom. The first-order chi connectivity index (χ1) is 11.9. The summed E-state index contributed by atoms with van der Waals surface area (Å²) in [5.74, 6) is -1.05. The second kappa shape index (κ2) is 7.31. The molecule has 2 rings (SSSR count). The summed E-state index contributed by atoms with van der Waals surface area (Å²) in [6.07, 6.45) is 1.43. The monoisotopic (exact) mass is 378 g/mol. The van der Waals surface area contributed by atoms with E-state index in [1.807, 2.05) is 19.9 Å². The number of ether oxygens (including phenoxy) is 1. The van der Waals surface area contributed by atoms with Gasteiger partial charge in [0.25, 0.3) is 11.1 Å². The van der Waals surface area contributed by atoms with Crippen LogP contribution in [0, 0.1) is 13.8 Å². The maximum absolute atomic E-state index is 12.5. The van der Waals surface area contributed by atoms with Crippen molar-refractivity contribution in [3.05, 3.63) is 27.9 Å². The molecule has 26 heavy (non-hydrogen) atoms. The van der Waals surface area contributed by atoms with Crippen molar-refractivity contribution in [2.75, 3.05) is 6.54 Å². The zero-order chi connectivity index (χ0) is 19.8. The lowest BCUT2D eigenvalue weighted by atomic mass is 10.1. The highest BCUT2D eigenvalue weighted by atomic mass is 32.2.